The smallest absolute Gasteiger partial charge is 0.254 e. The number of carbonyl (C=O) groups is 1. The molecule has 0 spiro atoms. The standard InChI is InChI=1S/C14H10Cl2FNO/c15-11-5-3-6-12(16)10(11)8-18-14(19)9-4-1-2-7-13(9)17/h1-7H,8H2,(H,18,19). The van der Waals surface area contributed by atoms with E-state index in [0.29, 0.717) is 15.6 Å². The molecule has 0 radical (unpaired) electrons. The topological polar surface area (TPSA) is 29.1 Å². The Labute approximate surface area is 120 Å². The minimum absolute atomic E-state index is 0.00863. The SMILES string of the molecule is O=C(NCc1c(Cl)cccc1Cl)c1ccccc1F. The summed E-state index contributed by atoms with van der Waals surface area (Å²) < 4.78 is 13.4. The van der Waals surface area contributed by atoms with Crippen molar-refractivity contribution in [3.8, 4) is 0 Å². The molecule has 0 bridgehead atoms. The lowest BCUT2D eigenvalue weighted by Crippen LogP contribution is -2.24. The van der Waals surface area contributed by atoms with E-state index in [-0.39, 0.29) is 12.1 Å². The molecule has 0 saturated heterocycles. The summed E-state index contributed by atoms with van der Waals surface area (Å²) in [5.41, 5.74) is 0.598. The summed E-state index contributed by atoms with van der Waals surface area (Å²) in [6, 6.07) is 10.8. The first-order valence-electron chi connectivity index (χ1n) is 5.55. The largest absolute Gasteiger partial charge is 0.348 e. The highest BCUT2D eigenvalue weighted by Gasteiger charge is 2.12. The summed E-state index contributed by atoms with van der Waals surface area (Å²) in [6.45, 7) is 0.145. The molecule has 1 N–H and O–H groups in total. The summed E-state index contributed by atoms with van der Waals surface area (Å²) in [5, 5.41) is 3.51. The van der Waals surface area contributed by atoms with Gasteiger partial charge in [0.2, 0.25) is 0 Å². The second kappa shape index (κ2) is 6.04. The molecule has 0 saturated carbocycles. The summed E-state index contributed by atoms with van der Waals surface area (Å²) in [4.78, 5) is 11.8. The van der Waals surface area contributed by atoms with E-state index >= 15 is 0 Å². The number of amides is 1. The van der Waals surface area contributed by atoms with Gasteiger partial charge in [0.05, 0.1) is 5.56 Å². The van der Waals surface area contributed by atoms with Crippen LogP contribution < -0.4 is 5.32 Å². The van der Waals surface area contributed by atoms with Gasteiger partial charge in [-0.2, -0.15) is 0 Å². The molecule has 0 heterocycles. The zero-order chi connectivity index (χ0) is 13.8. The molecule has 0 aliphatic carbocycles. The molecule has 2 nitrogen and oxygen atoms in total. The molecule has 0 aromatic heterocycles. The second-order valence-electron chi connectivity index (χ2n) is 3.86. The zero-order valence-electron chi connectivity index (χ0n) is 9.79. The van der Waals surface area contributed by atoms with E-state index in [1.165, 1.54) is 18.2 Å². The van der Waals surface area contributed by atoms with Crippen LogP contribution in [0.4, 0.5) is 4.39 Å². The maximum absolute atomic E-state index is 13.4. The van der Waals surface area contributed by atoms with Crippen LogP contribution in [0.15, 0.2) is 42.5 Å². The van der Waals surface area contributed by atoms with Crippen LogP contribution in [0.2, 0.25) is 10.0 Å². The van der Waals surface area contributed by atoms with E-state index in [1.807, 2.05) is 0 Å². The van der Waals surface area contributed by atoms with Gasteiger partial charge in [-0.1, -0.05) is 41.4 Å². The lowest BCUT2D eigenvalue weighted by molar-refractivity contribution is 0.0947. The maximum atomic E-state index is 13.4. The fraction of sp³-hybridized carbons (Fsp3) is 0.0714. The first kappa shape index (κ1) is 13.8. The van der Waals surface area contributed by atoms with E-state index in [0.717, 1.165) is 0 Å². The molecule has 2 aromatic carbocycles. The van der Waals surface area contributed by atoms with Gasteiger partial charge in [0.15, 0.2) is 0 Å². The monoisotopic (exact) mass is 297 g/mol. The third-order valence-electron chi connectivity index (χ3n) is 2.61. The fourth-order valence-electron chi connectivity index (χ4n) is 1.61. The lowest BCUT2D eigenvalue weighted by Gasteiger charge is -2.09. The van der Waals surface area contributed by atoms with Gasteiger partial charge >= 0.3 is 0 Å². The average molecular weight is 298 g/mol. The molecule has 5 heteroatoms. The minimum atomic E-state index is -0.565. The van der Waals surface area contributed by atoms with Crippen LogP contribution >= 0.6 is 23.2 Å². The zero-order valence-corrected chi connectivity index (χ0v) is 11.3. The van der Waals surface area contributed by atoms with Crippen molar-refractivity contribution in [2.45, 2.75) is 6.54 Å². The average Bonchev–Trinajstić information content (AvgIpc) is 2.38. The second-order valence-corrected chi connectivity index (χ2v) is 4.68. The summed E-state index contributed by atoms with van der Waals surface area (Å²) in [7, 11) is 0. The molecule has 0 unspecified atom stereocenters. The van der Waals surface area contributed by atoms with Crippen LogP contribution in [0, 0.1) is 5.82 Å². The third-order valence-corrected chi connectivity index (χ3v) is 3.31. The van der Waals surface area contributed by atoms with E-state index in [2.05, 4.69) is 5.32 Å². The van der Waals surface area contributed by atoms with Gasteiger partial charge in [-0.15, -0.1) is 0 Å². The predicted octanol–water partition coefficient (Wildman–Crippen LogP) is 4.06. The molecule has 19 heavy (non-hydrogen) atoms. The molecule has 2 aromatic rings. The van der Waals surface area contributed by atoms with Gasteiger partial charge in [-0.05, 0) is 24.3 Å². The van der Waals surface area contributed by atoms with E-state index in [1.54, 1.807) is 24.3 Å². The van der Waals surface area contributed by atoms with Crippen LogP contribution in [0.1, 0.15) is 15.9 Å². The highest BCUT2D eigenvalue weighted by Crippen LogP contribution is 2.24. The molecule has 98 valence electrons. The molecular formula is C14H10Cl2FNO. The minimum Gasteiger partial charge on any atom is -0.348 e. The summed E-state index contributed by atoms with van der Waals surface area (Å²) in [5.74, 6) is -1.07. The van der Waals surface area contributed by atoms with E-state index in [4.69, 9.17) is 23.2 Å². The van der Waals surface area contributed by atoms with Crippen molar-refractivity contribution in [2.75, 3.05) is 0 Å². The molecule has 1 amide bonds. The van der Waals surface area contributed by atoms with E-state index in [9.17, 15) is 9.18 Å². The van der Waals surface area contributed by atoms with Crippen molar-refractivity contribution in [1.29, 1.82) is 0 Å². The van der Waals surface area contributed by atoms with Crippen molar-refractivity contribution < 1.29 is 9.18 Å². The Morgan fingerprint density at radius 2 is 1.68 bits per heavy atom. The number of carbonyl (C=O) groups excluding carboxylic acids is 1. The highest BCUT2D eigenvalue weighted by molar-refractivity contribution is 6.36. The summed E-state index contributed by atoms with van der Waals surface area (Å²) >= 11 is 12.0. The van der Waals surface area contributed by atoms with Crippen LogP contribution in [0.3, 0.4) is 0 Å². The highest BCUT2D eigenvalue weighted by atomic mass is 35.5. The number of rotatable bonds is 3. The normalized spacial score (nSPS) is 10.3. The van der Waals surface area contributed by atoms with Crippen LogP contribution in [0.5, 0.6) is 0 Å². The Hall–Kier alpha value is -1.58. The number of benzene rings is 2. The van der Waals surface area contributed by atoms with Gasteiger partial charge in [0.25, 0.3) is 5.91 Å². The van der Waals surface area contributed by atoms with Crippen molar-refractivity contribution in [3.05, 3.63) is 69.5 Å². The van der Waals surface area contributed by atoms with Gasteiger partial charge in [-0.25, -0.2) is 4.39 Å². The Morgan fingerprint density at radius 1 is 1.05 bits per heavy atom. The van der Waals surface area contributed by atoms with Crippen molar-refractivity contribution in [1.82, 2.24) is 5.32 Å². The maximum Gasteiger partial charge on any atom is 0.254 e. The van der Waals surface area contributed by atoms with Crippen LogP contribution in [-0.2, 0) is 6.54 Å². The first-order valence-corrected chi connectivity index (χ1v) is 6.31. The third kappa shape index (κ3) is 3.25. The molecule has 0 aliphatic heterocycles. The molecule has 2 rings (SSSR count). The van der Waals surface area contributed by atoms with Gasteiger partial charge in [0, 0.05) is 22.2 Å². The van der Waals surface area contributed by atoms with Gasteiger partial charge in [-0.3, -0.25) is 4.79 Å². The quantitative estimate of drug-likeness (QED) is 0.909. The molecular weight excluding hydrogens is 288 g/mol. The number of nitrogens with one attached hydrogen (secondary N) is 1. The number of hydrogen-bond acceptors (Lipinski definition) is 1. The molecule has 0 atom stereocenters. The van der Waals surface area contributed by atoms with Gasteiger partial charge in [0.1, 0.15) is 5.82 Å². The fourth-order valence-corrected chi connectivity index (χ4v) is 2.14. The Kier molecular flexibility index (Phi) is 4.40. The van der Waals surface area contributed by atoms with E-state index < -0.39 is 11.7 Å². The predicted molar refractivity (Wildman–Crippen MR) is 74.0 cm³/mol. The van der Waals surface area contributed by atoms with Crippen molar-refractivity contribution >= 4 is 29.1 Å². The van der Waals surface area contributed by atoms with Crippen molar-refractivity contribution in [2.24, 2.45) is 0 Å². The number of halogens is 3. The molecule has 0 aliphatic rings. The molecule has 0 fully saturated rings. The Morgan fingerprint density at radius 3 is 2.32 bits per heavy atom. The Bertz CT molecular complexity index is 596. The van der Waals surface area contributed by atoms with Crippen LogP contribution in [-0.4, -0.2) is 5.91 Å². The Balaban J connectivity index is 2.11. The summed E-state index contributed by atoms with van der Waals surface area (Å²) in [6.07, 6.45) is 0. The first-order chi connectivity index (χ1) is 9.09. The van der Waals surface area contributed by atoms with Crippen LogP contribution in [0.25, 0.3) is 0 Å². The lowest BCUT2D eigenvalue weighted by atomic mass is 10.2. The number of hydrogen-bond donors (Lipinski definition) is 1. The van der Waals surface area contributed by atoms with Gasteiger partial charge < -0.3 is 5.32 Å². The van der Waals surface area contributed by atoms with Crippen molar-refractivity contribution in [3.63, 3.8) is 0 Å².